The van der Waals surface area contributed by atoms with E-state index in [0.29, 0.717) is 18.0 Å². The zero-order valence-electron chi connectivity index (χ0n) is 11.2. The molecule has 0 atom stereocenters. The largest absolute Gasteiger partial charge is 0.482 e. The molecule has 0 aliphatic rings. The monoisotopic (exact) mass is 265 g/mol. The smallest absolute Gasteiger partial charge is 0.257 e. The maximum absolute atomic E-state index is 11.5. The van der Waals surface area contributed by atoms with Crippen molar-refractivity contribution >= 4 is 17.5 Å². The minimum Gasteiger partial charge on any atom is -0.482 e. The molecule has 1 aromatic carbocycles. The number of ether oxygens (including phenoxy) is 1. The number of para-hydroxylation sites is 2. The van der Waals surface area contributed by atoms with E-state index in [0.717, 1.165) is 0 Å². The van der Waals surface area contributed by atoms with E-state index in [1.165, 1.54) is 4.90 Å². The van der Waals surface area contributed by atoms with Gasteiger partial charge in [0.05, 0.1) is 5.69 Å². The van der Waals surface area contributed by atoms with Gasteiger partial charge in [0.15, 0.2) is 6.61 Å². The first-order valence-corrected chi connectivity index (χ1v) is 5.95. The Morgan fingerprint density at radius 1 is 1.32 bits per heavy atom. The fourth-order valence-corrected chi connectivity index (χ4v) is 1.34. The van der Waals surface area contributed by atoms with Gasteiger partial charge < -0.3 is 20.7 Å². The maximum atomic E-state index is 11.5. The molecular formula is C13H19N3O3. The number of rotatable bonds is 6. The van der Waals surface area contributed by atoms with Crippen LogP contribution in [0.5, 0.6) is 5.75 Å². The molecule has 0 aliphatic heterocycles. The predicted octanol–water partition coefficient (Wildman–Crippen LogP) is 0.242. The highest BCUT2D eigenvalue weighted by atomic mass is 16.5. The lowest BCUT2D eigenvalue weighted by Crippen LogP contribution is -2.33. The van der Waals surface area contributed by atoms with E-state index >= 15 is 0 Å². The average Bonchev–Trinajstić information content (AvgIpc) is 2.37. The number of hydrogen-bond acceptors (Lipinski definition) is 4. The normalized spacial score (nSPS) is 9.79. The van der Waals surface area contributed by atoms with Gasteiger partial charge in [-0.25, -0.2) is 0 Å². The van der Waals surface area contributed by atoms with Crippen LogP contribution in [0.4, 0.5) is 5.69 Å². The Hall–Kier alpha value is -2.24. The number of carbonyl (C=O) groups excluding carboxylic acids is 2. The summed E-state index contributed by atoms with van der Waals surface area (Å²) < 4.78 is 5.27. The molecule has 0 saturated carbocycles. The fourth-order valence-electron chi connectivity index (χ4n) is 1.34. The molecule has 0 aromatic heterocycles. The van der Waals surface area contributed by atoms with E-state index in [1.54, 1.807) is 38.4 Å². The van der Waals surface area contributed by atoms with Crippen LogP contribution in [0.2, 0.25) is 0 Å². The third kappa shape index (κ3) is 5.29. The van der Waals surface area contributed by atoms with Gasteiger partial charge in [-0.05, 0) is 12.1 Å². The standard InChI is InChI=1S/C13H19N3O3/c1-16(2)13(18)7-8-15-12(17)9-19-11-6-4-3-5-10(11)14/h3-6H,7-9,14H2,1-2H3,(H,15,17). The molecule has 0 aliphatic carbocycles. The molecule has 0 radical (unpaired) electrons. The molecule has 0 fully saturated rings. The highest BCUT2D eigenvalue weighted by molar-refractivity contribution is 5.79. The molecule has 3 N–H and O–H groups in total. The summed E-state index contributed by atoms with van der Waals surface area (Å²) in [4.78, 5) is 24.2. The van der Waals surface area contributed by atoms with Gasteiger partial charge in [-0.2, -0.15) is 0 Å². The summed E-state index contributed by atoms with van der Waals surface area (Å²) in [6.07, 6.45) is 0.270. The lowest BCUT2D eigenvalue weighted by molar-refractivity contribution is -0.128. The van der Waals surface area contributed by atoms with Crippen LogP contribution in [0.1, 0.15) is 6.42 Å². The van der Waals surface area contributed by atoms with Crippen LogP contribution in [0.15, 0.2) is 24.3 Å². The van der Waals surface area contributed by atoms with Crippen molar-refractivity contribution in [2.75, 3.05) is 33.0 Å². The van der Waals surface area contributed by atoms with E-state index < -0.39 is 0 Å². The van der Waals surface area contributed by atoms with Gasteiger partial charge >= 0.3 is 0 Å². The molecule has 0 unspecified atom stereocenters. The zero-order valence-corrected chi connectivity index (χ0v) is 11.2. The summed E-state index contributed by atoms with van der Waals surface area (Å²) in [5.41, 5.74) is 6.16. The Labute approximate surface area is 112 Å². The molecule has 19 heavy (non-hydrogen) atoms. The van der Waals surface area contributed by atoms with Gasteiger partial charge in [0, 0.05) is 27.1 Å². The van der Waals surface area contributed by atoms with E-state index in [2.05, 4.69) is 5.32 Å². The number of nitrogens with one attached hydrogen (secondary N) is 1. The third-order valence-corrected chi connectivity index (χ3v) is 2.44. The van der Waals surface area contributed by atoms with Gasteiger partial charge in [0.2, 0.25) is 5.91 Å². The molecule has 6 nitrogen and oxygen atoms in total. The summed E-state index contributed by atoms with van der Waals surface area (Å²) in [5, 5.41) is 2.61. The van der Waals surface area contributed by atoms with Gasteiger partial charge in [-0.3, -0.25) is 9.59 Å². The van der Waals surface area contributed by atoms with Crippen molar-refractivity contribution in [3.8, 4) is 5.75 Å². The topological polar surface area (TPSA) is 84.7 Å². The SMILES string of the molecule is CN(C)C(=O)CCNC(=O)COc1ccccc1N. The minimum absolute atomic E-state index is 0.0338. The van der Waals surface area contributed by atoms with E-state index in [-0.39, 0.29) is 24.8 Å². The molecule has 0 heterocycles. The Morgan fingerprint density at radius 3 is 2.63 bits per heavy atom. The van der Waals surface area contributed by atoms with Gasteiger partial charge in [-0.1, -0.05) is 12.1 Å². The van der Waals surface area contributed by atoms with Crippen LogP contribution in [-0.2, 0) is 9.59 Å². The van der Waals surface area contributed by atoms with Crippen molar-refractivity contribution in [3.63, 3.8) is 0 Å². The molecular weight excluding hydrogens is 246 g/mol. The summed E-state index contributed by atoms with van der Waals surface area (Å²) in [6, 6.07) is 6.95. The number of benzene rings is 1. The van der Waals surface area contributed by atoms with Crippen LogP contribution in [-0.4, -0.2) is 44.0 Å². The van der Waals surface area contributed by atoms with E-state index in [1.807, 2.05) is 0 Å². The number of amides is 2. The van der Waals surface area contributed by atoms with Crippen molar-refractivity contribution in [2.24, 2.45) is 0 Å². The minimum atomic E-state index is -0.283. The highest BCUT2D eigenvalue weighted by Crippen LogP contribution is 2.19. The molecule has 1 rings (SSSR count). The maximum Gasteiger partial charge on any atom is 0.257 e. The molecule has 104 valence electrons. The van der Waals surface area contributed by atoms with Gasteiger partial charge in [0.25, 0.3) is 5.91 Å². The summed E-state index contributed by atoms with van der Waals surface area (Å²) >= 11 is 0. The second-order valence-electron chi connectivity index (χ2n) is 4.21. The Morgan fingerprint density at radius 2 is 2.00 bits per heavy atom. The molecule has 2 amide bonds. The lowest BCUT2D eigenvalue weighted by atomic mass is 10.3. The predicted molar refractivity (Wildman–Crippen MR) is 72.7 cm³/mol. The Bertz CT molecular complexity index is 447. The number of anilines is 1. The first-order valence-electron chi connectivity index (χ1n) is 5.95. The number of nitrogen functional groups attached to an aromatic ring is 1. The van der Waals surface area contributed by atoms with Crippen LogP contribution >= 0.6 is 0 Å². The zero-order chi connectivity index (χ0) is 14.3. The molecule has 0 spiro atoms. The van der Waals surface area contributed by atoms with Crippen molar-refractivity contribution in [1.82, 2.24) is 10.2 Å². The number of hydrogen-bond donors (Lipinski definition) is 2. The number of carbonyl (C=O) groups is 2. The molecule has 0 saturated heterocycles. The molecule has 6 heteroatoms. The fraction of sp³-hybridized carbons (Fsp3) is 0.385. The summed E-state index contributed by atoms with van der Waals surface area (Å²) in [6.45, 7) is 0.174. The first kappa shape index (κ1) is 14.8. The Kier molecular flexibility index (Phi) is 5.66. The van der Waals surface area contributed by atoms with Crippen LogP contribution in [0, 0.1) is 0 Å². The van der Waals surface area contributed by atoms with Crippen molar-refractivity contribution < 1.29 is 14.3 Å². The van der Waals surface area contributed by atoms with E-state index in [4.69, 9.17) is 10.5 Å². The summed E-state index contributed by atoms with van der Waals surface area (Å²) in [7, 11) is 3.34. The highest BCUT2D eigenvalue weighted by Gasteiger charge is 2.07. The molecule has 1 aromatic rings. The average molecular weight is 265 g/mol. The van der Waals surface area contributed by atoms with Crippen molar-refractivity contribution in [2.45, 2.75) is 6.42 Å². The van der Waals surface area contributed by atoms with Gasteiger partial charge in [0.1, 0.15) is 5.75 Å². The van der Waals surface area contributed by atoms with Crippen molar-refractivity contribution in [3.05, 3.63) is 24.3 Å². The first-order chi connectivity index (χ1) is 9.00. The quantitative estimate of drug-likeness (QED) is 0.722. The Balaban J connectivity index is 2.25. The summed E-state index contributed by atoms with van der Waals surface area (Å²) in [5.74, 6) is 0.158. The van der Waals surface area contributed by atoms with Crippen LogP contribution in [0.25, 0.3) is 0 Å². The van der Waals surface area contributed by atoms with Gasteiger partial charge in [-0.15, -0.1) is 0 Å². The lowest BCUT2D eigenvalue weighted by Gasteiger charge is -2.11. The van der Waals surface area contributed by atoms with Crippen LogP contribution in [0.3, 0.4) is 0 Å². The second-order valence-corrected chi connectivity index (χ2v) is 4.21. The second kappa shape index (κ2) is 7.25. The van der Waals surface area contributed by atoms with E-state index in [9.17, 15) is 9.59 Å². The molecule has 0 bridgehead atoms. The number of nitrogens with zero attached hydrogens (tertiary/aromatic N) is 1. The number of nitrogens with two attached hydrogens (primary N) is 1. The van der Waals surface area contributed by atoms with Crippen LogP contribution < -0.4 is 15.8 Å². The third-order valence-electron chi connectivity index (χ3n) is 2.44. The van der Waals surface area contributed by atoms with Crippen molar-refractivity contribution in [1.29, 1.82) is 0 Å².